The Hall–Kier alpha value is -2.22. The number of ether oxygens (including phenoxy) is 1. The molecule has 0 N–H and O–H groups in total. The fourth-order valence-corrected chi connectivity index (χ4v) is 4.80. The highest BCUT2D eigenvalue weighted by Gasteiger charge is 2.43. The van der Waals surface area contributed by atoms with E-state index in [1.165, 1.54) is 9.78 Å². The lowest BCUT2D eigenvalue weighted by molar-refractivity contribution is -0.123. The lowest BCUT2D eigenvalue weighted by Gasteiger charge is -2.37. The maximum absolute atomic E-state index is 13.1. The van der Waals surface area contributed by atoms with Crippen molar-refractivity contribution in [2.24, 2.45) is 0 Å². The number of amides is 2. The van der Waals surface area contributed by atoms with Crippen LogP contribution >= 0.6 is 11.3 Å². The van der Waals surface area contributed by atoms with E-state index in [0.717, 1.165) is 51.3 Å². The van der Waals surface area contributed by atoms with Crippen LogP contribution in [0.2, 0.25) is 0 Å². The van der Waals surface area contributed by atoms with Crippen molar-refractivity contribution in [3.8, 4) is 5.75 Å². The fourth-order valence-electron chi connectivity index (χ4n) is 4.11. The molecule has 2 amide bonds. The summed E-state index contributed by atoms with van der Waals surface area (Å²) in [6.45, 7) is 7.28. The predicted molar refractivity (Wildman–Crippen MR) is 119 cm³/mol. The molecule has 0 radical (unpaired) electrons. The molecule has 1 unspecified atom stereocenters. The van der Waals surface area contributed by atoms with Gasteiger partial charge in [0.15, 0.2) is 0 Å². The SMILES string of the molecule is CCCOc1ccc(N2C(=O)CC(N3CCN(CCc4cccs4)CC3)C2=O)cc1. The van der Waals surface area contributed by atoms with E-state index in [1.807, 2.05) is 12.1 Å². The fraction of sp³-hybridized carbons (Fsp3) is 0.478. The Kier molecular flexibility index (Phi) is 6.82. The monoisotopic (exact) mass is 427 g/mol. The summed E-state index contributed by atoms with van der Waals surface area (Å²) in [4.78, 5) is 33.1. The van der Waals surface area contributed by atoms with Crippen molar-refractivity contribution in [2.45, 2.75) is 32.2 Å². The predicted octanol–water partition coefficient (Wildman–Crippen LogP) is 3.03. The minimum absolute atomic E-state index is 0.103. The Balaban J connectivity index is 1.31. The van der Waals surface area contributed by atoms with Crippen LogP contribution in [0.5, 0.6) is 5.75 Å². The van der Waals surface area contributed by atoms with Gasteiger partial charge in [-0.25, -0.2) is 4.90 Å². The third-order valence-electron chi connectivity index (χ3n) is 5.79. The molecule has 0 saturated carbocycles. The van der Waals surface area contributed by atoms with Gasteiger partial charge in [0.1, 0.15) is 5.75 Å². The quantitative estimate of drug-likeness (QED) is 0.606. The summed E-state index contributed by atoms with van der Waals surface area (Å²) >= 11 is 1.80. The summed E-state index contributed by atoms with van der Waals surface area (Å²) in [5.41, 5.74) is 0.630. The first-order chi connectivity index (χ1) is 14.7. The molecule has 2 aromatic rings. The Labute approximate surface area is 182 Å². The van der Waals surface area contributed by atoms with Crippen LogP contribution in [0.25, 0.3) is 0 Å². The molecule has 7 heteroatoms. The Morgan fingerprint density at radius 2 is 1.83 bits per heavy atom. The van der Waals surface area contributed by atoms with E-state index in [1.54, 1.807) is 23.5 Å². The van der Waals surface area contributed by atoms with Gasteiger partial charge in [0, 0.05) is 37.6 Å². The van der Waals surface area contributed by atoms with Crippen LogP contribution in [0.15, 0.2) is 41.8 Å². The molecular weight excluding hydrogens is 398 g/mol. The molecule has 4 rings (SSSR count). The highest BCUT2D eigenvalue weighted by molar-refractivity contribution is 7.09. The molecule has 2 aliphatic heterocycles. The summed E-state index contributed by atoms with van der Waals surface area (Å²) in [6.07, 6.45) is 2.28. The Bertz CT molecular complexity index is 845. The molecule has 3 heterocycles. The Morgan fingerprint density at radius 3 is 2.50 bits per heavy atom. The van der Waals surface area contributed by atoms with E-state index < -0.39 is 0 Å². The van der Waals surface area contributed by atoms with Crippen molar-refractivity contribution in [1.29, 1.82) is 0 Å². The van der Waals surface area contributed by atoms with Crippen molar-refractivity contribution < 1.29 is 14.3 Å². The molecule has 1 atom stereocenters. The summed E-state index contributed by atoms with van der Waals surface area (Å²) in [5, 5.41) is 2.12. The highest BCUT2D eigenvalue weighted by Crippen LogP contribution is 2.28. The number of hydrogen-bond donors (Lipinski definition) is 0. The molecule has 2 saturated heterocycles. The lowest BCUT2D eigenvalue weighted by atomic mass is 10.1. The molecule has 1 aromatic carbocycles. The smallest absolute Gasteiger partial charge is 0.251 e. The minimum Gasteiger partial charge on any atom is -0.494 e. The number of anilines is 1. The van der Waals surface area contributed by atoms with Crippen LogP contribution in [0.1, 0.15) is 24.6 Å². The number of thiophene rings is 1. The number of hydrogen-bond acceptors (Lipinski definition) is 6. The first-order valence-corrected chi connectivity index (χ1v) is 11.6. The second-order valence-electron chi connectivity index (χ2n) is 7.84. The topological polar surface area (TPSA) is 53.1 Å². The normalized spacial score (nSPS) is 20.8. The maximum atomic E-state index is 13.1. The van der Waals surface area contributed by atoms with E-state index in [0.29, 0.717) is 12.3 Å². The van der Waals surface area contributed by atoms with Gasteiger partial charge in [-0.2, -0.15) is 0 Å². The number of imide groups is 1. The maximum Gasteiger partial charge on any atom is 0.251 e. The molecule has 6 nitrogen and oxygen atoms in total. The van der Waals surface area contributed by atoms with E-state index in [9.17, 15) is 9.59 Å². The average molecular weight is 428 g/mol. The van der Waals surface area contributed by atoms with E-state index in [4.69, 9.17) is 4.74 Å². The first kappa shape index (κ1) is 21.0. The van der Waals surface area contributed by atoms with E-state index in [2.05, 4.69) is 34.2 Å². The highest BCUT2D eigenvalue weighted by atomic mass is 32.1. The van der Waals surface area contributed by atoms with Gasteiger partial charge >= 0.3 is 0 Å². The lowest BCUT2D eigenvalue weighted by Crippen LogP contribution is -2.52. The number of nitrogens with zero attached hydrogens (tertiary/aromatic N) is 3. The molecular formula is C23H29N3O3S. The summed E-state index contributed by atoms with van der Waals surface area (Å²) in [7, 11) is 0. The summed E-state index contributed by atoms with van der Waals surface area (Å²) in [5.74, 6) is 0.538. The number of carbonyl (C=O) groups is 2. The second kappa shape index (κ2) is 9.73. The largest absolute Gasteiger partial charge is 0.494 e. The number of benzene rings is 1. The third kappa shape index (κ3) is 4.74. The van der Waals surface area contributed by atoms with E-state index >= 15 is 0 Å². The van der Waals surface area contributed by atoms with Crippen LogP contribution in [0.3, 0.4) is 0 Å². The molecule has 0 aliphatic carbocycles. The average Bonchev–Trinajstić information content (AvgIpc) is 3.39. The van der Waals surface area contributed by atoms with Gasteiger partial charge in [0.25, 0.3) is 5.91 Å². The zero-order valence-corrected chi connectivity index (χ0v) is 18.3. The van der Waals surface area contributed by atoms with E-state index in [-0.39, 0.29) is 24.3 Å². The molecule has 30 heavy (non-hydrogen) atoms. The van der Waals surface area contributed by atoms with Crippen LogP contribution in [0, 0.1) is 0 Å². The number of carbonyl (C=O) groups excluding carboxylic acids is 2. The van der Waals surface area contributed by atoms with Crippen molar-refractivity contribution in [3.63, 3.8) is 0 Å². The van der Waals surface area contributed by atoms with Gasteiger partial charge in [-0.1, -0.05) is 13.0 Å². The van der Waals surface area contributed by atoms with Crippen LogP contribution in [0.4, 0.5) is 5.69 Å². The van der Waals surface area contributed by atoms with Gasteiger partial charge in [0.05, 0.1) is 24.8 Å². The number of rotatable bonds is 8. The number of piperazine rings is 1. The molecule has 2 fully saturated rings. The first-order valence-electron chi connectivity index (χ1n) is 10.7. The van der Waals surface area contributed by atoms with Crippen LogP contribution in [-0.4, -0.2) is 67.0 Å². The van der Waals surface area contributed by atoms with Crippen molar-refractivity contribution in [2.75, 3.05) is 44.2 Å². The van der Waals surface area contributed by atoms with Crippen molar-refractivity contribution >= 4 is 28.8 Å². The van der Waals surface area contributed by atoms with Crippen LogP contribution < -0.4 is 9.64 Å². The van der Waals surface area contributed by atoms with Gasteiger partial charge < -0.3 is 9.64 Å². The molecule has 1 aromatic heterocycles. The zero-order valence-electron chi connectivity index (χ0n) is 17.5. The zero-order chi connectivity index (χ0) is 20.9. The minimum atomic E-state index is -0.340. The van der Waals surface area contributed by atoms with Gasteiger partial charge in [-0.3, -0.25) is 14.5 Å². The molecule has 0 spiro atoms. The Morgan fingerprint density at radius 1 is 1.07 bits per heavy atom. The van der Waals surface area contributed by atoms with Gasteiger partial charge in [0.2, 0.25) is 5.91 Å². The van der Waals surface area contributed by atoms with Crippen LogP contribution in [-0.2, 0) is 16.0 Å². The van der Waals surface area contributed by atoms with Crippen molar-refractivity contribution in [3.05, 3.63) is 46.7 Å². The molecule has 0 bridgehead atoms. The molecule has 2 aliphatic rings. The third-order valence-corrected chi connectivity index (χ3v) is 6.73. The summed E-state index contributed by atoms with van der Waals surface area (Å²) < 4.78 is 5.60. The summed E-state index contributed by atoms with van der Waals surface area (Å²) in [6, 6.07) is 11.2. The second-order valence-corrected chi connectivity index (χ2v) is 8.87. The van der Waals surface area contributed by atoms with Gasteiger partial charge in [-0.05, 0) is 48.6 Å². The van der Waals surface area contributed by atoms with Gasteiger partial charge in [-0.15, -0.1) is 11.3 Å². The standard InChI is InChI=1S/C23H29N3O3S/c1-2-15-29-19-7-5-18(6-8-19)26-22(27)17-21(23(26)28)25-13-11-24(12-14-25)10-9-20-4-3-16-30-20/h3-8,16,21H,2,9-15,17H2,1H3. The van der Waals surface area contributed by atoms with Crippen molar-refractivity contribution in [1.82, 2.24) is 9.80 Å². The molecule has 160 valence electrons.